The summed E-state index contributed by atoms with van der Waals surface area (Å²) in [6, 6.07) is 16.4. The van der Waals surface area contributed by atoms with E-state index in [-0.39, 0.29) is 18.1 Å². The molecule has 1 amide bonds. The zero-order valence-corrected chi connectivity index (χ0v) is 15.3. The van der Waals surface area contributed by atoms with Crippen molar-refractivity contribution in [2.75, 3.05) is 5.32 Å². The van der Waals surface area contributed by atoms with E-state index in [9.17, 15) is 9.59 Å². The van der Waals surface area contributed by atoms with Crippen LogP contribution in [0, 0.1) is 0 Å². The molecule has 1 N–H and O–H groups in total. The molecule has 7 heteroatoms. The molecule has 0 bridgehead atoms. The van der Waals surface area contributed by atoms with Gasteiger partial charge in [-0.25, -0.2) is 4.79 Å². The zero-order chi connectivity index (χ0) is 19.0. The van der Waals surface area contributed by atoms with Gasteiger partial charge in [-0.2, -0.15) is 0 Å². The van der Waals surface area contributed by atoms with Crippen LogP contribution in [0.3, 0.4) is 0 Å². The van der Waals surface area contributed by atoms with Crippen LogP contribution in [0.4, 0.5) is 5.69 Å². The lowest BCUT2D eigenvalue weighted by molar-refractivity contribution is -0.116. The molecular weight excluding hydrogens is 364 g/mol. The maximum atomic E-state index is 12.7. The number of anilines is 1. The van der Waals surface area contributed by atoms with Crippen molar-refractivity contribution in [3.05, 3.63) is 82.5 Å². The molecule has 0 saturated heterocycles. The first kappa shape index (κ1) is 17.2. The van der Waals surface area contributed by atoms with Crippen molar-refractivity contribution in [1.82, 2.24) is 13.7 Å². The summed E-state index contributed by atoms with van der Waals surface area (Å²) in [7, 11) is 1.70. The Hall–Kier alpha value is -3.25. The van der Waals surface area contributed by atoms with Gasteiger partial charge in [-0.3, -0.25) is 13.9 Å². The number of carbonyl (C=O) groups is 1. The molecule has 0 unspecified atom stereocenters. The van der Waals surface area contributed by atoms with Crippen LogP contribution in [0.2, 0.25) is 5.02 Å². The molecule has 2 aromatic carbocycles. The lowest BCUT2D eigenvalue weighted by atomic mass is 10.2. The first-order valence-electron chi connectivity index (χ1n) is 8.41. The van der Waals surface area contributed by atoms with Crippen molar-refractivity contribution in [1.29, 1.82) is 0 Å². The fourth-order valence-corrected chi connectivity index (χ4v) is 3.33. The smallest absolute Gasteiger partial charge is 0.323 e. The molecule has 136 valence electrons. The number of aromatic nitrogens is 3. The lowest BCUT2D eigenvalue weighted by Crippen LogP contribution is -2.28. The largest absolute Gasteiger partial charge is 0.329 e. The molecule has 6 nitrogen and oxygen atoms in total. The molecule has 0 spiro atoms. The summed E-state index contributed by atoms with van der Waals surface area (Å²) in [5, 5.41) is 3.46. The highest BCUT2D eigenvalue weighted by Gasteiger charge is 2.15. The number of nitrogens with zero attached hydrogens (tertiary/aromatic N) is 3. The van der Waals surface area contributed by atoms with Crippen molar-refractivity contribution in [3.8, 4) is 5.69 Å². The first-order valence-corrected chi connectivity index (χ1v) is 8.79. The third-order valence-corrected chi connectivity index (χ3v) is 4.71. The number of benzene rings is 2. The van der Waals surface area contributed by atoms with E-state index in [2.05, 4.69) is 5.32 Å². The maximum absolute atomic E-state index is 12.7. The molecule has 0 atom stereocenters. The molecule has 0 aliphatic heterocycles. The second kappa shape index (κ2) is 6.81. The zero-order valence-electron chi connectivity index (χ0n) is 14.6. The van der Waals surface area contributed by atoms with Gasteiger partial charge >= 0.3 is 5.69 Å². The Balaban J connectivity index is 1.65. The van der Waals surface area contributed by atoms with Gasteiger partial charge in [-0.15, -0.1) is 0 Å². The van der Waals surface area contributed by atoms with Crippen LogP contribution in [-0.4, -0.2) is 19.6 Å². The molecular formula is C20H17ClN4O2. The van der Waals surface area contributed by atoms with E-state index in [1.165, 1.54) is 9.13 Å². The molecule has 4 rings (SSSR count). The Morgan fingerprint density at radius 3 is 2.48 bits per heavy atom. The number of hydrogen-bond donors (Lipinski definition) is 1. The molecule has 27 heavy (non-hydrogen) atoms. The molecule has 2 aromatic heterocycles. The van der Waals surface area contributed by atoms with E-state index < -0.39 is 0 Å². The number of rotatable bonds is 4. The molecule has 2 heterocycles. The van der Waals surface area contributed by atoms with Crippen LogP contribution in [0.25, 0.3) is 16.7 Å². The van der Waals surface area contributed by atoms with Gasteiger partial charge in [0, 0.05) is 24.5 Å². The van der Waals surface area contributed by atoms with E-state index >= 15 is 0 Å². The van der Waals surface area contributed by atoms with Crippen molar-refractivity contribution < 1.29 is 4.79 Å². The van der Waals surface area contributed by atoms with E-state index in [1.54, 1.807) is 25.2 Å². The van der Waals surface area contributed by atoms with Gasteiger partial charge in [0.2, 0.25) is 5.91 Å². The van der Waals surface area contributed by atoms with Crippen LogP contribution >= 0.6 is 11.6 Å². The van der Waals surface area contributed by atoms with Crippen LogP contribution in [0.15, 0.2) is 71.8 Å². The number of carbonyl (C=O) groups excluding carboxylic acids is 1. The number of imidazole rings is 1. The van der Waals surface area contributed by atoms with Gasteiger partial charge in [-0.05, 0) is 42.5 Å². The minimum Gasteiger partial charge on any atom is -0.323 e. The highest BCUT2D eigenvalue weighted by atomic mass is 35.5. The Labute approximate surface area is 160 Å². The van der Waals surface area contributed by atoms with Gasteiger partial charge in [-0.1, -0.05) is 23.7 Å². The van der Waals surface area contributed by atoms with Crippen LogP contribution in [0.5, 0.6) is 0 Å². The minimum absolute atomic E-state index is 0.0755. The number of hydrogen-bond acceptors (Lipinski definition) is 2. The summed E-state index contributed by atoms with van der Waals surface area (Å²) >= 11 is 6.11. The number of halogens is 1. The quantitative estimate of drug-likeness (QED) is 0.589. The second-order valence-electron chi connectivity index (χ2n) is 6.22. The van der Waals surface area contributed by atoms with Gasteiger partial charge < -0.3 is 9.88 Å². The number of aryl methyl sites for hydroxylation is 1. The maximum Gasteiger partial charge on any atom is 0.329 e. The highest BCUT2D eigenvalue weighted by molar-refractivity contribution is 6.30. The van der Waals surface area contributed by atoms with Gasteiger partial charge in [0.1, 0.15) is 6.54 Å². The van der Waals surface area contributed by atoms with E-state index in [4.69, 9.17) is 11.6 Å². The standard InChI is InChI=1S/C20H17ClN4O2/c1-23-16-6-2-3-7-17(16)25(20(23)27)13-19(26)22-15-9-8-14(21)12-18(15)24-10-4-5-11-24/h2-12H,13H2,1H3,(H,22,26). The third-order valence-electron chi connectivity index (χ3n) is 4.47. The lowest BCUT2D eigenvalue weighted by Gasteiger charge is -2.13. The van der Waals surface area contributed by atoms with Gasteiger partial charge in [0.05, 0.1) is 22.4 Å². The molecule has 0 saturated carbocycles. The van der Waals surface area contributed by atoms with Crippen LogP contribution < -0.4 is 11.0 Å². The minimum atomic E-state index is -0.288. The predicted octanol–water partition coefficient (Wildman–Crippen LogP) is 3.42. The third kappa shape index (κ3) is 3.15. The monoisotopic (exact) mass is 380 g/mol. The van der Waals surface area contributed by atoms with Crippen molar-refractivity contribution >= 4 is 34.2 Å². The fourth-order valence-electron chi connectivity index (χ4n) is 3.17. The van der Waals surface area contributed by atoms with Crippen molar-refractivity contribution in [2.24, 2.45) is 7.05 Å². The Morgan fingerprint density at radius 1 is 1.04 bits per heavy atom. The molecule has 4 aromatic rings. The average molecular weight is 381 g/mol. The molecule has 0 fully saturated rings. The van der Waals surface area contributed by atoms with Crippen LogP contribution in [0.1, 0.15) is 0 Å². The summed E-state index contributed by atoms with van der Waals surface area (Å²) < 4.78 is 4.87. The van der Waals surface area contributed by atoms with E-state index in [1.807, 2.05) is 53.4 Å². The Kier molecular flexibility index (Phi) is 4.33. The van der Waals surface area contributed by atoms with Crippen molar-refractivity contribution in [3.63, 3.8) is 0 Å². The first-order chi connectivity index (χ1) is 13.0. The van der Waals surface area contributed by atoms with Gasteiger partial charge in [0.15, 0.2) is 0 Å². The average Bonchev–Trinajstić information content (AvgIpc) is 3.27. The normalized spacial score (nSPS) is 11.0. The number of nitrogens with one attached hydrogen (secondary N) is 1. The van der Waals surface area contributed by atoms with Crippen molar-refractivity contribution in [2.45, 2.75) is 6.54 Å². The summed E-state index contributed by atoms with van der Waals surface area (Å²) in [4.78, 5) is 25.2. The number of fused-ring (bicyclic) bond motifs is 1. The highest BCUT2D eigenvalue weighted by Crippen LogP contribution is 2.25. The summed E-state index contributed by atoms with van der Waals surface area (Å²) in [6.07, 6.45) is 3.74. The second-order valence-corrected chi connectivity index (χ2v) is 6.65. The van der Waals surface area contributed by atoms with Gasteiger partial charge in [0.25, 0.3) is 0 Å². The van der Waals surface area contributed by atoms with Crippen LogP contribution in [-0.2, 0) is 18.4 Å². The Bertz CT molecular complexity index is 1190. The topological polar surface area (TPSA) is 61.0 Å². The molecule has 0 aliphatic rings. The number of para-hydroxylation sites is 2. The summed E-state index contributed by atoms with van der Waals surface area (Å²) in [5.74, 6) is -0.288. The van der Waals surface area contributed by atoms with E-state index in [0.29, 0.717) is 10.7 Å². The summed E-state index contributed by atoms with van der Waals surface area (Å²) in [5.41, 5.74) is 2.66. The predicted molar refractivity (Wildman–Crippen MR) is 107 cm³/mol. The fraction of sp³-hybridized carbons (Fsp3) is 0.100. The van der Waals surface area contributed by atoms with E-state index in [0.717, 1.165) is 16.7 Å². The number of amides is 1. The molecule has 0 radical (unpaired) electrons. The Morgan fingerprint density at radius 2 is 1.74 bits per heavy atom. The molecule has 0 aliphatic carbocycles. The summed E-state index contributed by atoms with van der Waals surface area (Å²) in [6.45, 7) is -0.0755. The SMILES string of the molecule is Cn1c(=O)n(CC(=O)Nc2ccc(Cl)cc2-n2cccc2)c2ccccc21.